The average molecular weight is 473 g/mol. The van der Waals surface area contributed by atoms with Gasteiger partial charge in [-0.3, -0.25) is 9.10 Å². The lowest BCUT2D eigenvalue weighted by atomic mass is 10.1. The zero-order valence-electron chi connectivity index (χ0n) is 17.7. The van der Waals surface area contributed by atoms with Gasteiger partial charge in [0.2, 0.25) is 10.0 Å². The Bertz CT molecular complexity index is 1150. The molecule has 0 aromatic heterocycles. The second-order valence-electron chi connectivity index (χ2n) is 7.17. The van der Waals surface area contributed by atoms with E-state index in [-0.39, 0.29) is 23.8 Å². The molecule has 1 amide bonds. The van der Waals surface area contributed by atoms with Crippen LogP contribution in [0, 0.1) is 5.82 Å². The van der Waals surface area contributed by atoms with Gasteiger partial charge < -0.3 is 5.32 Å². The normalized spacial score (nSPS) is 11.2. The molecule has 8 heteroatoms. The molecule has 0 radical (unpaired) electrons. The summed E-state index contributed by atoms with van der Waals surface area (Å²) in [6.45, 7) is 0.506. The highest BCUT2D eigenvalue weighted by Gasteiger charge is 2.23. The molecule has 5 nitrogen and oxygen atoms in total. The minimum absolute atomic E-state index is 0.127. The molecule has 168 valence electrons. The summed E-state index contributed by atoms with van der Waals surface area (Å²) in [5, 5.41) is 2.84. The number of nitrogens with one attached hydrogen (secondary N) is 1. The lowest BCUT2D eigenvalue weighted by Gasteiger charge is -2.24. The van der Waals surface area contributed by atoms with Crippen molar-refractivity contribution in [3.63, 3.8) is 0 Å². The van der Waals surface area contributed by atoms with Crippen LogP contribution in [0.5, 0.6) is 0 Å². The summed E-state index contributed by atoms with van der Waals surface area (Å²) in [5.41, 5.74) is 2.06. The minimum atomic E-state index is -3.62. The van der Waals surface area contributed by atoms with Crippen molar-refractivity contribution in [3.8, 4) is 0 Å². The summed E-state index contributed by atoms with van der Waals surface area (Å²) in [5.74, 6) is 0.520. The first-order chi connectivity index (χ1) is 15.4. The number of nitrogens with zero attached hydrogens (tertiary/aromatic N) is 1. The third-order valence-electron chi connectivity index (χ3n) is 4.73. The molecule has 3 aromatic carbocycles. The van der Waals surface area contributed by atoms with Crippen molar-refractivity contribution < 1.29 is 17.6 Å². The van der Waals surface area contributed by atoms with Crippen molar-refractivity contribution in [1.29, 1.82) is 0 Å². The molecule has 0 saturated carbocycles. The Kier molecular flexibility index (Phi) is 8.30. The van der Waals surface area contributed by atoms with Crippen molar-refractivity contribution in [2.24, 2.45) is 0 Å². The monoisotopic (exact) mass is 472 g/mol. The highest BCUT2D eigenvalue weighted by Crippen LogP contribution is 2.25. The van der Waals surface area contributed by atoms with Gasteiger partial charge in [0, 0.05) is 18.1 Å². The summed E-state index contributed by atoms with van der Waals surface area (Å²) in [4.78, 5) is 12.8. The Labute approximate surface area is 192 Å². The predicted molar refractivity (Wildman–Crippen MR) is 129 cm³/mol. The lowest BCUT2D eigenvalue weighted by molar-refractivity contribution is 0.0957. The molecule has 0 atom stereocenters. The third kappa shape index (κ3) is 6.58. The second kappa shape index (κ2) is 11.2. The third-order valence-corrected chi connectivity index (χ3v) is 6.87. The van der Waals surface area contributed by atoms with Gasteiger partial charge in [0.05, 0.1) is 24.1 Å². The first-order valence-corrected chi connectivity index (χ1v) is 13.1. The van der Waals surface area contributed by atoms with E-state index in [1.165, 1.54) is 22.1 Å². The topological polar surface area (TPSA) is 66.5 Å². The molecular weight excluding hydrogens is 447 g/mol. The van der Waals surface area contributed by atoms with Crippen molar-refractivity contribution in [2.75, 3.05) is 22.9 Å². The van der Waals surface area contributed by atoms with Crippen LogP contribution >= 0.6 is 11.8 Å². The molecule has 0 spiro atoms. The highest BCUT2D eigenvalue weighted by molar-refractivity contribution is 7.98. The van der Waals surface area contributed by atoms with Gasteiger partial charge in [-0.1, -0.05) is 60.7 Å². The van der Waals surface area contributed by atoms with Crippen LogP contribution in [0.1, 0.15) is 21.5 Å². The molecule has 0 aliphatic carbocycles. The fourth-order valence-electron chi connectivity index (χ4n) is 3.14. The Morgan fingerprint density at radius 3 is 2.34 bits per heavy atom. The van der Waals surface area contributed by atoms with Gasteiger partial charge in [0.15, 0.2) is 0 Å². The van der Waals surface area contributed by atoms with Crippen LogP contribution < -0.4 is 9.62 Å². The standard InChI is InChI=1S/C24H25FN2O3S2/c1-32(29,30)27(17-19-9-3-2-4-10-19)23-14-8-6-12-21(23)24(28)26-15-16-31-18-20-11-5-7-13-22(20)25/h2-14H,15-18H2,1H3,(H,26,28). The van der Waals surface area contributed by atoms with E-state index in [4.69, 9.17) is 0 Å². The number of halogens is 1. The maximum atomic E-state index is 13.7. The van der Waals surface area contributed by atoms with Crippen LogP contribution in [0.15, 0.2) is 78.9 Å². The van der Waals surface area contributed by atoms with Gasteiger partial charge in [-0.05, 0) is 29.3 Å². The van der Waals surface area contributed by atoms with E-state index in [0.717, 1.165) is 11.8 Å². The van der Waals surface area contributed by atoms with Crippen molar-refractivity contribution >= 4 is 33.4 Å². The number of benzene rings is 3. The highest BCUT2D eigenvalue weighted by atomic mass is 32.2. The second-order valence-corrected chi connectivity index (χ2v) is 10.2. The molecule has 1 N–H and O–H groups in total. The quantitative estimate of drug-likeness (QED) is 0.443. The van der Waals surface area contributed by atoms with Gasteiger partial charge in [-0.2, -0.15) is 11.8 Å². The largest absolute Gasteiger partial charge is 0.351 e. The molecule has 0 aliphatic heterocycles. The van der Waals surface area contributed by atoms with Gasteiger partial charge >= 0.3 is 0 Å². The Balaban J connectivity index is 1.66. The van der Waals surface area contributed by atoms with Gasteiger partial charge in [0.1, 0.15) is 5.82 Å². The molecule has 3 rings (SSSR count). The molecule has 32 heavy (non-hydrogen) atoms. The first-order valence-electron chi connectivity index (χ1n) is 10.1. The molecule has 0 bridgehead atoms. The van der Waals surface area contributed by atoms with Gasteiger partial charge in [-0.25, -0.2) is 12.8 Å². The number of amides is 1. The molecular formula is C24H25FN2O3S2. The number of hydrogen-bond acceptors (Lipinski definition) is 4. The zero-order valence-corrected chi connectivity index (χ0v) is 19.3. The Morgan fingerprint density at radius 2 is 1.62 bits per heavy atom. The molecule has 0 aliphatic rings. The summed E-state index contributed by atoms with van der Waals surface area (Å²) < 4.78 is 40.0. The Hall–Kier alpha value is -2.84. The van der Waals surface area contributed by atoms with E-state index in [0.29, 0.717) is 29.3 Å². The first kappa shape index (κ1) is 23.8. The fraction of sp³-hybridized carbons (Fsp3) is 0.208. The van der Waals surface area contributed by atoms with Crippen LogP contribution in [0.3, 0.4) is 0 Å². The fourth-order valence-corrected chi connectivity index (χ4v) is 4.89. The summed E-state index contributed by atoms with van der Waals surface area (Å²) in [7, 11) is -3.62. The average Bonchev–Trinajstić information content (AvgIpc) is 2.78. The number of carbonyl (C=O) groups excluding carboxylic acids is 1. The van der Waals surface area contributed by atoms with Crippen LogP contribution in [0.4, 0.5) is 10.1 Å². The Morgan fingerprint density at radius 1 is 0.969 bits per heavy atom. The van der Waals surface area contributed by atoms with E-state index in [1.54, 1.807) is 42.5 Å². The number of para-hydroxylation sites is 1. The van der Waals surface area contributed by atoms with Crippen LogP contribution in [0.2, 0.25) is 0 Å². The van der Waals surface area contributed by atoms with Crippen molar-refractivity contribution in [1.82, 2.24) is 5.32 Å². The SMILES string of the molecule is CS(=O)(=O)N(Cc1ccccc1)c1ccccc1C(=O)NCCSCc1ccccc1F. The van der Waals surface area contributed by atoms with Gasteiger partial charge in [0.25, 0.3) is 5.91 Å². The van der Waals surface area contributed by atoms with E-state index < -0.39 is 10.0 Å². The van der Waals surface area contributed by atoms with Crippen LogP contribution in [-0.4, -0.2) is 32.9 Å². The number of carbonyl (C=O) groups is 1. The molecule has 0 saturated heterocycles. The van der Waals surface area contributed by atoms with E-state index >= 15 is 0 Å². The summed E-state index contributed by atoms with van der Waals surface area (Å²) in [6, 6.07) is 22.5. The number of hydrogen-bond donors (Lipinski definition) is 1. The number of rotatable bonds is 10. The molecule has 0 unspecified atom stereocenters. The molecule has 0 heterocycles. The summed E-state index contributed by atoms with van der Waals surface area (Å²) >= 11 is 1.51. The molecule has 0 fully saturated rings. The maximum Gasteiger partial charge on any atom is 0.253 e. The maximum absolute atomic E-state index is 13.7. The van der Waals surface area contributed by atoms with E-state index in [2.05, 4.69) is 5.32 Å². The van der Waals surface area contributed by atoms with Crippen LogP contribution in [0.25, 0.3) is 0 Å². The number of thioether (sulfide) groups is 1. The number of anilines is 1. The van der Waals surface area contributed by atoms with Gasteiger partial charge in [-0.15, -0.1) is 0 Å². The predicted octanol–water partition coefficient (Wildman–Crippen LogP) is 4.46. The summed E-state index contributed by atoms with van der Waals surface area (Å²) in [6.07, 6.45) is 1.13. The van der Waals surface area contributed by atoms with Crippen molar-refractivity contribution in [2.45, 2.75) is 12.3 Å². The number of sulfonamides is 1. The van der Waals surface area contributed by atoms with Crippen LogP contribution in [-0.2, 0) is 22.3 Å². The lowest BCUT2D eigenvalue weighted by Crippen LogP contribution is -2.33. The smallest absolute Gasteiger partial charge is 0.253 e. The van der Waals surface area contributed by atoms with Crippen molar-refractivity contribution in [3.05, 3.63) is 101 Å². The zero-order chi connectivity index (χ0) is 23.0. The van der Waals surface area contributed by atoms with E-state index in [9.17, 15) is 17.6 Å². The van der Waals surface area contributed by atoms with E-state index in [1.807, 2.05) is 30.3 Å². The minimum Gasteiger partial charge on any atom is -0.351 e. The molecule has 3 aromatic rings.